The minimum Gasteiger partial charge on any atom is -0.370 e. The minimum absolute atomic E-state index is 0.468. The van der Waals surface area contributed by atoms with E-state index in [4.69, 9.17) is 9.97 Å². The molecular weight excluding hydrogens is 262 g/mol. The van der Waals surface area contributed by atoms with Crippen LogP contribution >= 0.6 is 0 Å². The van der Waals surface area contributed by atoms with Crippen LogP contribution in [0.4, 0.5) is 11.6 Å². The number of nitrogens with one attached hydrogen (secondary N) is 2. The molecular formula is C16H29N5. The summed E-state index contributed by atoms with van der Waals surface area (Å²) in [6.45, 7) is 8.32. The third-order valence-corrected chi connectivity index (χ3v) is 4.09. The van der Waals surface area contributed by atoms with E-state index in [1.807, 2.05) is 0 Å². The monoisotopic (exact) mass is 291 g/mol. The van der Waals surface area contributed by atoms with Crippen molar-refractivity contribution in [1.29, 1.82) is 0 Å². The molecule has 1 aromatic heterocycles. The fourth-order valence-electron chi connectivity index (χ4n) is 2.07. The predicted octanol–water partition coefficient (Wildman–Crippen LogP) is 2.85. The van der Waals surface area contributed by atoms with Gasteiger partial charge in [0.25, 0.3) is 0 Å². The lowest BCUT2D eigenvalue weighted by molar-refractivity contribution is 0.326. The highest BCUT2D eigenvalue weighted by molar-refractivity contribution is 5.57. The number of aromatic nitrogens is 2. The number of hydrogen-bond donors (Lipinski definition) is 2. The van der Waals surface area contributed by atoms with Crippen molar-refractivity contribution in [3.8, 4) is 0 Å². The van der Waals surface area contributed by atoms with Gasteiger partial charge < -0.3 is 15.5 Å². The fraction of sp³-hybridized carbons (Fsp3) is 0.750. The average Bonchev–Trinajstić information content (AvgIpc) is 3.29. The van der Waals surface area contributed by atoms with E-state index >= 15 is 0 Å². The maximum absolute atomic E-state index is 4.75. The van der Waals surface area contributed by atoms with E-state index in [9.17, 15) is 0 Å². The SMILES string of the molecule is CCCNc1nc(C2CC2)nc(NCC(C)N(C)C)c1C. The van der Waals surface area contributed by atoms with Crippen LogP contribution in [0.5, 0.6) is 0 Å². The lowest BCUT2D eigenvalue weighted by Crippen LogP contribution is -2.32. The first-order chi connectivity index (χ1) is 10.0. The van der Waals surface area contributed by atoms with Crippen LogP contribution in [0.1, 0.15) is 50.4 Å². The zero-order valence-corrected chi connectivity index (χ0v) is 14.0. The van der Waals surface area contributed by atoms with Crippen molar-refractivity contribution in [2.45, 2.75) is 52.0 Å². The third kappa shape index (κ3) is 4.30. The van der Waals surface area contributed by atoms with Gasteiger partial charge in [-0.15, -0.1) is 0 Å². The van der Waals surface area contributed by atoms with Crippen molar-refractivity contribution in [3.05, 3.63) is 11.4 Å². The molecule has 21 heavy (non-hydrogen) atoms. The van der Waals surface area contributed by atoms with E-state index in [2.05, 4.69) is 50.4 Å². The fourth-order valence-corrected chi connectivity index (χ4v) is 2.07. The molecule has 0 spiro atoms. The standard InChI is InChI=1S/C16H29N5/c1-6-9-17-14-12(3)15(18-10-11(2)21(4)5)20-16(19-14)13-7-8-13/h11,13H,6-10H2,1-5H3,(H2,17,18,19,20). The van der Waals surface area contributed by atoms with Crippen LogP contribution in [0.2, 0.25) is 0 Å². The summed E-state index contributed by atoms with van der Waals surface area (Å²) < 4.78 is 0. The second-order valence-electron chi connectivity index (χ2n) is 6.30. The smallest absolute Gasteiger partial charge is 0.136 e. The van der Waals surface area contributed by atoms with Crippen molar-refractivity contribution < 1.29 is 0 Å². The quantitative estimate of drug-likeness (QED) is 0.771. The van der Waals surface area contributed by atoms with Crippen molar-refractivity contribution in [2.75, 3.05) is 37.8 Å². The summed E-state index contributed by atoms with van der Waals surface area (Å²) in [7, 11) is 4.20. The van der Waals surface area contributed by atoms with Crippen molar-refractivity contribution in [2.24, 2.45) is 0 Å². The molecule has 5 heteroatoms. The predicted molar refractivity (Wildman–Crippen MR) is 89.2 cm³/mol. The van der Waals surface area contributed by atoms with Gasteiger partial charge in [-0.25, -0.2) is 9.97 Å². The molecule has 0 saturated heterocycles. The van der Waals surface area contributed by atoms with Crippen molar-refractivity contribution >= 4 is 11.6 Å². The Kier molecular flexibility index (Phi) is 5.39. The second kappa shape index (κ2) is 7.07. The van der Waals surface area contributed by atoms with E-state index < -0.39 is 0 Å². The van der Waals surface area contributed by atoms with Crippen LogP contribution in [-0.2, 0) is 0 Å². The molecule has 0 radical (unpaired) electrons. The summed E-state index contributed by atoms with van der Waals surface area (Å²) in [5.74, 6) is 3.55. The van der Waals surface area contributed by atoms with E-state index in [0.29, 0.717) is 12.0 Å². The lowest BCUT2D eigenvalue weighted by Gasteiger charge is -2.21. The number of nitrogens with zero attached hydrogens (tertiary/aromatic N) is 3. The molecule has 1 fully saturated rings. The normalized spacial score (nSPS) is 16.1. The van der Waals surface area contributed by atoms with Gasteiger partial charge in [-0.3, -0.25) is 0 Å². The van der Waals surface area contributed by atoms with Crippen LogP contribution in [0.25, 0.3) is 0 Å². The largest absolute Gasteiger partial charge is 0.370 e. The average molecular weight is 291 g/mol. The molecule has 1 saturated carbocycles. The summed E-state index contributed by atoms with van der Waals surface area (Å²) >= 11 is 0. The van der Waals surface area contributed by atoms with Gasteiger partial charge in [0.05, 0.1) is 0 Å². The molecule has 2 rings (SSSR count). The molecule has 1 aromatic rings. The highest BCUT2D eigenvalue weighted by atomic mass is 15.1. The van der Waals surface area contributed by atoms with Crippen LogP contribution in [0.3, 0.4) is 0 Å². The van der Waals surface area contributed by atoms with Gasteiger partial charge in [-0.2, -0.15) is 0 Å². The highest BCUT2D eigenvalue weighted by Crippen LogP contribution is 2.39. The molecule has 0 amide bonds. The Morgan fingerprint density at radius 1 is 1.19 bits per heavy atom. The summed E-state index contributed by atoms with van der Waals surface area (Å²) in [6, 6.07) is 0.468. The summed E-state index contributed by atoms with van der Waals surface area (Å²) in [5, 5.41) is 6.94. The molecule has 118 valence electrons. The first-order valence-corrected chi connectivity index (χ1v) is 8.05. The maximum Gasteiger partial charge on any atom is 0.136 e. The molecule has 0 aromatic carbocycles. The highest BCUT2D eigenvalue weighted by Gasteiger charge is 2.28. The Bertz CT molecular complexity index is 468. The van der Waals surface area contributed by atoms with Gasteiger partial charge >= 0.3 is 0 Å². The van der Waals surface area contributed by atoms with E-state index in [0.717, 1.165) is 42.5 Å². The maximum atomic E-state index is 4.75. The van der Waals surface area contributed by atoms with Gasteiger partial charge in [0, 0.05) is 30.6 Å². The number of rotatable bonds is 8. The van der Waals surface area contributed by atoms with Crippen LogP contribution in [-0.4, -0.2) is 48.1 Å². The summed E-state index contributed by atoms with van der Waals surface area (Å²) in [6.07, 6.45) is 3.55. The van der Waals surface area contributed by atoms with Crippen LogP contribution in [0.15, 0.2) is 0 Å². The van der Waals surface area contributed by atoms with Gasteiger partial charge in [0.15, 0.2) is 0 Å². The van der Waals surface area contributed by atoms with Crippen LogP contribution < -0.4 is 10.6 Å². The second-order valence-corrected chi connectivity index (χ2v) is 6.30. The molecule has 5 nitrogen and oxygen atoms in total. The molecule has 0 aliphatic heterocycles. The Morgan fingerprint density at radius 2 is 1.81 bits per heavy atom. The third-order valence-electron chi connectivity index (χ3n) is 4.09. The van der Waals surface area contributed by atoms with Crippen molar-refractivity contribution in [1.82, 2.24) is 14.9 Å². The van der Waals surface area contributed by atoms with E-state index in [1.165, 1.54) is 12.8 Å². The number of likely N-dealkylation sites (N-methyl/N-ethyl adjacent to an activating group) is 1. The first kappa shape index (κ1) is 16.0. The Hall–Kier alpha value is -1.36. The Labute approximate surface area is 128 Å². The molecule has 0 bridgehead atoms. The van der Waals surface area contributed by atoms with Gasteiger partial charge in [-0.1, -0.05) is 6.92 Å². The van der Waals surface area contributed by atoms with Gasteiger partial charge in [0.2, 0.25) is 0 Å². The molecule has 1 aliphatic rings. The zero-order chi connectivity index (χ0) is 15.4. The van der Waals surface area contributed by atoms with Crippen molar-refractivity contribution in [3.63, 3.8) is 0 Å². The molecule has 1 aliphatic carbocycles. The Morgan fingerprint density at radius 3 is 2.33 bits per heavy atom. The van der Waals surface area contributed by atoms with Gasteiger partial charge in [-0.05, 0) is 47.2 Å². The summed E-state index contributed by atoms with van der Waals surface area (Å²) in [5.41, 5.74) is 1.12. The topological polar surface area (TPSA) is 53.1 Å². The molecule has 1 heterocycles. The van der Waals surface area contributed by atoms with Gasteiger partial charge in [0.1, 0.15) is 17.5 Å². The first-order valence-electron chi connectivity index (χ1n) is 8.05. The number of anilines is 2. The van der Waals surface area contributed by atoms with E-state index in [-0.39, 0.29) is 0 Å². The minimum atomic E-state index is 0.468. The van der Waals surface area contributed by atoms with E-state index in [1.54, 1.807) is 0 Å². The zero-order valence-electron chi connectivity index (χ0n) is 14.0. The molecule has 1 unspecified atom stereocenters. The molecule has 2 N–H and O–H groups in total. The lowest BCUT2D eigenvalue weighted by atomic mass is 10.2. The number of hydrogen-bond acceptors (Lipinski definition) is 5. The van der Waals surface area contributed by atoms with Crippen LogP contribution in [0, 0.1) is 6.92 Å². The summed E-state index contributed by atoms with van der Waals surface area (Å²) in [4.78, 5) is 11.7. The molecule has 1 atom stereocenters. The Balaban J connectivity index is 2.15.